The third-order valence-corrected chi connectivity index (χ3v) is 2.11. The molecule has 3 heteroatoms. The maximum absolute atomic E-state index is 9.69. The number of rotatable bonds is 3. The van der Waals surface area contributed by atoms with Gasteiger partial charge in [-0.25, -0.2) is 0 Å². The average Bonchev–Trinajstić information content (AvgIpc) is 2.18. The van der Waals surface area contributed by atoms with Crippen molar-refractivity contribution in [2.45, 2.75) is 12.5 Å². The summed E-state index contributed by atoms with van der Waals surface area (Å²) in [5.74, 6) is 0. The highest BCUT2D eigenvalue weighted by Gasteiger charge is 2.26. The molecule has 1 rings (SSSR count). The van der Waals surface area contributed by atoms with Crippen molar-refractivity contribution in [2.24, 2.45) is 0 Å². The summed E-state index contributed by atoms with van der Waals surface area (Å²) in [4.78, 5) is 0. The number of aliphatic hydroxyl groups is 3. The van der Waals surface area contributed by atoms with Crippen LogP contribution in [-0.4, -0.2) is 28.5 Å². The fourth-order valence-electron chi connectivity index (χ4n) is 1.10. The molecule has 0 radical (unpaired) electrons. The minimum Gasteiger partial charge on any atom is -0.393 e. The molecule has 1 aromatic carbocycles. The third kappa shape index (κ3) is 2.06. The van der Waals surface area contributed by atoms with Gasteiger partial charge in [-0.1, -0.05) is 29.8 Å². The van der Waals surface area contributed by atoms with E-state index in [0.717, 1.165) is 5.56 Å². The van der Waals surface area contributed by atoms with Crippen molar-refractivity contribution >= 4 is 0 Å². The molecule has 13 heavy (non-hydrogen) atoms. The first-order valence-corrected chi connectivity index (χ1v) is 4.13. The lowest BCUT2D eigenvalue weighted by molar-refractivity contribution is -0.0598. The highest BCUT2D eigenvalue weighted by atomic mass is 16.4. The zero-order valence-electron chi connectivity index (χ0n) is 7.57. The smallest absolute Gasteiger partial charge is 0.135 e. The molecule has 0 atom stereocenters. The van der Waals surface area contributed by atoms with Crippen LogP contribution in [0.1, 0.15) is 11.1 Å². The standard InChI is InChI=1S/C10H14O3/c1-8-2-4-9(5-3-8)10(13,6-11)7-12/h2-5,11-13H,6-7H2,1H3. The Morgan fingerprint density at radius 3 is 1.92 bits per heavy atom. The van der Waals surface area contributed by atoms with Crippen LogP contribution >= 0.6 is 0 Å². The molecule has 0 aliphatic heterocycles. The predicted molar refractivity (Wildman–Crippen MR) is 49.2 cm³/mol. The number of benzene rings is 1. The molecule has 3 N–H and O–H groups in total. The van der Waals surface area contributed by atoms with Crippen molar-refractivity contribution in [3.05, 3.63) is 35.4 Å². The Hall–Kier alpha value is -0.900. The van der Waals surface area contributed by atoms with E-state index in [4.69, 9.17) is 10.2 Å². The molecule has 0 aliphatic rings. The Morgan fingerprint density at radius 1 is 1.08 bits per heavy atom. The van der Waals surface area contributed by atoms with Gasteiger partial charge in [0.05, 0.1) is 13.2 Å². The van der Waals surface area contributed by atoms with Crippen LogP contribution in [-0.2, 0) is 5.60 Å². The van der Waals surface area contributed by atoms with E-state index in [0.29, 0.717) is 5.56 Å². The monoisotopic (exact) mass is 182 g/mol. The summed E-state index contributed by atoms with van der Waals surface area (Å²) in [6.45, 7) is 0.972. The van der Waals surface area contributed by atoms with Crippen molar-refractivity contribution in [3.63, 3.8) is 0 Å². The first-order chi connectivity index (χ1) is 6.12. The van der Waals surface area contributed by atoms with Gasteiger partial charge in [0.25, 0.3) is 0 Å². The summed E-state index contributed by atoms with van der Waals surface area (Å²) in [5.41, 5.74) is 0.0818. The molecule has 0 aromatic heterocycles. The zero-order valence-corrected chi connectivity index (χ0v) is 7.57. The lowest BCUT2D eigenvalue weighted by Crippen LogP contribution is -2.34. The van der Waals surface area contributed by atoms with Crippen molar-refractivity contribution < 1.29 is 15.3 Å². The summed E-state index contributed by atoms with van der Waals surface area (Å²) >= 11 is 0. The fraction of sp³-hybridized carbons (Fsp3) is 0.400. The van der Waals surface area contributed by atoms with Crippen LogP contribution in [0.25, 0.3) is 0 Å². The van der Waals surface area contributed by atoms with E-state index < -0.39 is 18.8 Å². The Bertz CT molecular complexity index is 262. The molecule has 0 saturated carbocycles. The molecule has 0 heterocycles. The quantitative estimate of drug-likeness (QED) is 0.624. The lowest BCUT2D eigenvalue weighted by Gasteiger charge is -2.23. The topological polar surface area (TPSA) is 60.7 Å². The molecule has 1 aromatic rings. The third-order valence-electron chi connectivity index (χ3n) is 2.11. The average molecular weight is 182 g/mol. The van der Waals surface area contributed by atoms with Gasteiger partial charge in [-0.2, -0.15) is 0 Å². The molecular weight excluding hydrogens is 168 g/mol. The Kier molecular flexibility index (Phi) is 3.03. The molecule has 0 fully saturated rings. The molecule has 72 valence electrons. The maximum atomic E-state index is 9.69. The second kappa shape index (κ2) is 3.87. The van der Waals surface area contributed by atoms with E-state index in [1.165, 1.54) is 0 Å². The molecule has 0 aliphatic carbocycles. The first-order valence-electron chi connectivity index (χ1n) is 4.13. The van der Waals surface area contributed by atoms with Crippen LogP contribution in [0.4, 0.5) is 0 Å². The van der Waals surface area contributed by atoms with Gasteiger partial charge in [-0.05, 0) is 12.5 Å². The molecular formula is C10H14O3. The second-order valence-corrected chi connectivity index (χ2v) is 3.21. The largest absolute Gasteiger partial charge is 0.393 e. The van der Waals surface area contributed by atoms with Crippen LogP contribution in [0.2, 0.25) is 0 Å². The van der Waals surface area contributed by atoms with Gasteiger partial charge in [0.2, 0.25) is 0 Å². The van der Waals surface area contributed by atoms with Gasteiger partial charge < -0.3 is 15.3 Å². The molecule has 0 saturated heterocycles. The van der Waals surface area contributed by atoms with Crippen LogP contribution in [0.15, 0.2) is 24.3 Å². The summed E-state index contributed by atoms with van der Waals surface area (Å²) in [6, 6.07) is 7.04. The van der Waals surface area contributed by atoms with Gasteiger partial charge in [-0.3, -0.25) is 0 Å². The van der Waals surface area contributed by atoms with Gasteiger partial charge >= 0.3 is 0 Å². The van der Waals surface area contributed by atoms with E-state index in [-0.39, 0.29) is 0 Å². The van der Waals surface area contributed by atoms with E-state index in [9.17, 15) is 5.11 Å². The minimum atomic E-state index is -1.52. The van der Waals surface area contributed by atoms with E-state index in [1.54, 1.807) is 12.1 Å². The Labute approximate surface area is 77.3 Å². The highest BCUT2D eigenvalue weighted by Crippen LogP contribution is 2.19. The lowest BCUT2D eigenvalue weighted by atomic mass is 9.95. The Morgan fingerprint density at radius 2 is 1.54 bits per heavy atom. The van der Waals surface area contributed by atoms with Crippen molar-refractivity contribution in [1.29, 1.82) is 0 Å². The van der Waals surface area contributed by atoms with Crippen LogP contribution in [0, 0.1) is 6.92 Å². The summed E-state index contributed by atoms with van der Waals surface area (Å²) < 4.78 is 0. The second-order valence-electron chi connectivity index (χ2n) is 3.21. The van der Waals surface area contributed by atoms with Crippen LogP contribution in [0.3, 0.4) is 0 Å². The van der Waals surface area contributed by atoms with E-state index >= 15 is 0 Å². The highest BCUT2D eigenvalue weighted by molar-refractivity contribution is 5.26. The molecule has 3 nitrogen and oxygen atoms in total. The van der Waals surface area contributed by atoms with E-state index in [2.05, 4.69) is 0 Å². The van der Waals surface area contributed by atoms with Crippen LogP contribution in [0.5, 0.6) is 0 Å². The summed E-state index contributed by atoms with van der Waals surface area (Å²) in [6.07, 6.45) is 0. The van der Waals surface area contributed by atoms with Crippen molar-refractivity contribution in [2.75, 3.05) is 13.2 Å². The zero-order chi connectivity index (χ0) is 9.90. The molecule has 0 amide bonds. The van der Waals surface area contributed by atoms with Gasteiger partial charge in [0.1, 0.15) is 5.60 Å². The van der Waals surface area contributed by atoms with Crippen LogP contribution < -0.4 is 0 Å². The SMILES string of the molecule is Cc1ccc(C(O)(CO)CO)cc1. The Balaban J connectivity index is 2.99. The van der Waals surface area contributed by atoms with Gasteiger partial charge in [0.15, 0.2) is 0 Å². The number of hydrogen-bond acceptors (Lipinski definition) is 3. The van der Waals surface area contributed by atoms with Crippen molar-refractivity contribution in [1.82, 2.24) is 0 Å². The molecule has 0 unspecified atom stereocenters. The summed E-state index contributed by atoms with van der Waals surface area (Å²) in [7, 11) is 0. The molecule has 0 bridgehead atoms. The van der Waals surface area contributed by atoms with Crippen molar-refractivity contribution in [3.8, 4) is 0 Å². The first kappa shape index (κ1) is 10.2. The minimum absolute atomic E-state index is 0.480. The fourth-order valence-corrected chi connectivity index (χ4v) is 1.10. The van der Waals surface area contributed by atoms with E-state index in [1.807, 2.05) is 19.1 Å². The number of aliphatic hydroxyl groups excluding tert-OH is 2. The number of aryl methyl sites for hydroxylation is 1. The predicted octanol–water partition coefficient (Wildman–Crippen LogP) is 0.167. The normalized spacial score (nSPS) is 11.7. The maximum Gasteiger partial charge on any atom is 0.135 e. The van der Waals surface area contributed by atoms with Gasteiger partial charge in [0, 0.05) is 0 Å². The number of hydrogen-bond donors (Lipinski definition) is 3. The molecule has 0 spiro atoms. The summed E-state index contributed by atoms with van der Waals surface area (Å²) in [5, 5.41) is 27.5. The van der Waals surface area contributed by atoms with Gasteiger partial charge in [-0.15, -0.1) is 0 Å².